The molecule has 0 radical (unpaired) electrons. The fourth-order valence-corrected chi connectivity index (χ4v) is 4.34. The zero-order chi connectivity index (χ0) is 26.4. The Bertz CT molecular complexity index is 1200. The van der Waals surface area contributed by atoms with Crippen molar-refractivity contribution in [3.05, 3.63) is 82.7 Å². The third-order valence-electron chi connectivity index (χ3n) is 6.71. The zero-order valence-electron chi connectivity index (χ0n) is 21.8. The number of amides is 1. The Morgan fingerprint density at radius 3 is 2.35 bits per heavy atom. The maximum absolute atomic E-state index is 12.9. The molecule has 4 rings (SSSR count). The van der Waals surface area contributed by atoms with Crippen molar-refractivity contribution >= 4 is 11.9 Å². The van der Waals surface area contributed by atoms with Crippen molar-refractivity contribution in [3.8, 4) is 5.75 Å². The van der Waals surface area contributed by atoms with Gasteiger partial charge < -0.3 is 19.1 Å². The number of aryl methyl sites for hydroxylation is 2. The molecule has 1 fully saturated rings. The van der Waals surface area contributed by atoms with Crippen molar-refractivity contribution in [2.45, 2.75) is 19.6 Å². The Balaban J connectivity index is 1.40. The van der Waals surface area contributed by atoms with E-state index >= 15 is 0 Å². The summed E-state index contributed by atoms with van der Waals surface area (Å²) in [5.74, 6) is 0.381. The van der Waals surface area contributed by atoms with Crippen molar-refractivity contribution in [2.75, 3.05) is 46.9 Å². The lowest BCUT2D eigenvalue weighted by Crippen LogP contribution is -2.49. The fraction of sp³-hybridized carbons (Fsp3) is 0.393. The second-order valence-electron chi connectivity index (χ2n) is 9.15. The van der Waals surface area contributed by atoms with Gasteiger partial charge in [0.15, 0.2) is 5.69 Å². The summed E-state index contributed by atoms with van der Waals surface area (Å²) in [5.41, 5.74) is 3.93. The Hall–Kier alpha value is -3.69. The molecular weight excluding hydrogens is 472 g/mol. The predicted octanol–water partition coefficient (Wildman–Crippen LogP) is 3.24. The van der Waals surface area contributed by atoms with Gasteiger partial charge in [0.1, 0.15) is 5.75 Å². The van der Waals surface area contributed by atoms with Gasteiger partial charge >= 0.3 is 5.97 Å². The Morgan fingerprint density at radius 1 is 1.00 bits per heavy atom. The van der Waals surface area contributed by atoms with Gasteiger partial charge in [-0.3, -0.25) is 14.4 Å². The van der Waals surface area contributed by atoms with Crippen LogP contribution in [0, 0.1) is 6.92 Å². The van der Waals surface area contributed by atoms with E-state index in [1.807, 2.05) is 61.3 Å². The normalized spacial score (nSPS) is 14.9. The van der Waals surface area contributed by atoms with E-state index in [1.165, 1.54) is 7.11 Å². The number of rotatable bonds is 9. The predicted molar refractivity (Wildman–Crippen MR) is 139 cm³/mol. The van der Waals surface area contributed by atoms with E-state index < -0.39 is 0 Å². The van der Waals surface area contributed by atoms with Gasteiger partial charge in [-0.25, -0.2) is 4.79 Å². The third kappa shape index (κ3) is 6.55. The SMILES string of the molecule is COC(=O)c1ccc(CO[C@@H](CN2CCN(C(=O)c3cc(C)n(C)n3)CC2)c2cccc(OC)c2)cc1. The van der Waals surface area contributed by atoms with Gasteiger partial charge in [-0.15, -0.1) is 0 Å². The van der Waals surface area contributed by atoms with Crippen LogP contribution >= 0.6 is 0 Å². The fourth-order valence-electron chi connectivity index (χ4n) is 4.34. The molecule has 37 heavy (non-hydrogen) atoms. The number of carbonyl (C=O) groups is 2. The van der Waals surface area contributed by atoms with E-state index in [-0.39, 0.29) is 18.0 Å². The number of hydrogen-bond acceptors (Lipinski definition) is 7. The van der Waals surface area contributed by atoms with E-state index in [4.69, 9.17) is 14.2 Å². The zero-order valence-corrected chi connectivity index (χ0v) is 21.8. The summed E-state index contributed by atoms with van der Waals surface area (Å²) in [4.78, 5) is 28.8. The van der Waals surface area contributed by atoms with Crippen molar-refractivity contribution < 1.29 is 23.8 Å². The molecule has 1 aromatic heterocycles. The topological polar surface area (TPSA) is 86.1 Å². The van der Waals surface area contributed by atoms with Gasteiger partial charge in [-0.2, -0.15) is 5.10 Å². The molecule has 0 bridgehead atoms. The Labute approximate surface area is 217 Å². The minimum Gasteiger partial charge on any atom is -0.497 e. The molecule has 2 heterocycles. The number of ether oxygens (including phenoxy) is 3. The highest BCUT2D eigenvalue weighted by atomic mass is 16.5. The van der Waals surface area contributed by atoms with E-state index in [0.29, 0.717) is 37.5 Å². The van der Waals surface area contributed by atoms with Crippen molar-refractivity contribution in [1.82, 2.24) is 19.6 Å². The number of carbonyl (C=O) groups excluding carboxylic acids is 2. The van der Waals surface area contributed by atoms with Crippen molar-refractivity contribution in [1.29, 1.82) is 0 Å². The molecule has 1 atom stereocenters. The lowest BCUT2D eigenvalue weighted by Gasteiger charge is -2.36. The van der Waals surface area contributed by atoms with E-state index in [9.17, 15) is 9.59 Å². The van der Waals surface area contributed by atoms with Crippen LogP contribution in [0.2, 0.25) is 0 Å². The average Bonchev–Trinajstić information content (AvgIpc) is 3.28. The second-order valence-corrected chi connectivity index (χ2v) is 9.15. The van der Waals surface area contributed by atoms with Crippen LogP contribution in [0.4, 0.5) is 0 Å². The van der Waals surface area contributed by atoms with Crippen LogP contribution in [0.3, 0.4) is 0 Å². The van der Waals surface area contributed by atoms with Crippen LogP contribution in [-0.4, -0.2) is 78.4 Å². The summed E-state index contributed by atoms with van der Waals surface area (Å²) in [6.07, 6.45) is -0.198. The molecule has 1 aliphatic heterocycles. The first-order valence-electron chi connectivity index (χ1n) is 12.3. The number of benzene rings is 2. The van der Waals surface area contributed by atoms with Gasteiger partial charge in [0, 0.05) is 45.5 Å². The summed E-state index contributed by atoms with van der Waals surface area (Å²) < 4.78 is 18.3. The summed E-state index contributed by atoms with van der Waals surface area (Å²) in [6, 6.07) is 17.0. The molecule has 1 amide bonds. The first-order valence-corrected chi connectivity index (χ1v) is 12.3. The molecule has 1 saturated heterocycles. The highest BCUT2D eigenvalue weighted by Gasteiger charge is 2.26. The van der Waals surface area contributed by atoms with Gasteiger partial charge in [0.25, 0.3) is 5.91 Å². The standard InChI is InChI=1S/C28H34N4O5/c1-20-16-25(29-30(20)2)27(33)32-14-12-31(13-15-32)18-26(23-6-5-7-24(17-23)35-3)37-19-21-8-10-22(11-9-21)28(34)36-4/h5-11,16-17,26H,12-15,18-19H2,1-4H3/t26-/m0/s1. The lowest BCUT2D eigenvalue weighted by molar-refractivity contribution is 0.00324. The number of esters is 1. The number of piperazine rings is 1. The molecule has 196 valence electrons. The Morgan fingerprint density at radius 2 is 1.73 bits per heavy atom. The monoisotopic (exact) mass is 506 g/mol. The Kier molecular flexibility index (Phi) is 8.58. The molecule has 3 aromatic rings. The third-order valence-corrected chi connectivity index (χ3v) is 6.71. The van der Waals surface area contributed by atoms with E-state index in [0.717, 1.165) is 35.7 Å². The molecule has 0 aliphatic carbocycles. The number of nitrogens with zero attached hydrogens (tertiary/aromatic N) is 4. The number of hydrogen-bond donors (Lipinski definition) is 0. The smallest absolute Gasteiger partial charge is 0.337 e. The maximum atomic E-state index is 12.9. The largest absolute Gasteiger partial charge is 0.497 e. The van der Waals surface area contributed by atoms with Crippen LogP contribution < -0.4 is 4.74 Å². The summed E-state index contributed by atoms with van der Waals surface area (Å²) in [6.45, 7) is 5.76. The minimum atomic E-state index is -0.363. The van der Waals surface area contributed by atoms with Gasteiger partial charge in [-0.1, -0.05) is 24.3 Å². The molecule has 0 spiro atoms. The van der Waals surface area contributed by atoms with Gasteiger partial charge in [0.05, 0.1) is 32.5 Å². The molecule has 9 heteroatoms. The van der Waals surface area contributed by atoms with Crippen LogP contribution in [-0.2, 0) is 23.1 Å². The molecule has 1 aliphatic rings. The molecule has 2 aromatic carbocycles. The summed E-state index contributed by atoms with van der Waals surface area (Å²) >= 11 is 0. The van der Waals surface area contributed by atoms with Crippen LogP contribution in [0.15, 0.2) is 54.6 Å². The molecule has 0 unspecified atom stereocenters. The van der Waals surface area contributed by atoms with E-state index in [2.05, 4.69) is 10.00 Å². The van der Waals surface area contributed by atoms with Gasteiger partial charge in [0.2, 0.25) is 0 Å². The number of methoxy groups -OCH3 is 2. The number of aromatic nitrogens is 2. The van der Waals surface area contributed by atoms with E-state index in [1.54, 1.807) is 23.9 Å². The van der Waals surface area contributed by atoms with Crippen molar-refractivity contribution in [3.63, 3.8) is 0 Å². The van der Waals surface area contributed by atoms with Gasteiger partial charge in [-0.05, 0) is 48.4 Å². The first kappa shape index (κ1) is 26.4. The highest BCUT2D eigenvalue weighted by Crippen LogP contribution is 2.25. The molecular formula is C28H34N4O5. The van der Waals surface area contributed by atoms with Crippen LogP contribution in [0.5, 0.6) is 5.75 Å². The maximum Gasteiger partial charge on any atom is 0.337 e. The summed E-state index contributed by atoms with van der Waals surface area (Å²) in [5, 5.41) is 4.34. The molecule has 0 N–H and O–H groups in total. The highest BCUT2D eigenvalue weighted by molar-refractivity contribution is 5.92. The molecule has 9 nitrogen and oxygen atoms in total. The van der Waals surface area contributed by atoms with Crippen LogP contribution in [0.25, 0.3) is 0 Å². The first-order chi connectivity index (χ1) is 17.9. The summed E-state index contributed by atoms with van der Waals surface area (Å²) in [7, 11) is 4.86. The minimum absolute atomic E-state index is 0.0284. The van der Waals surface area contributed by atoms with Crippen LogP contribution in [0.1, 0.15) is 43.8 Å². The quantitative estimate of drug-likeness (QED) is 0.412. The lowest BCUT2D eigenvalue weighted by atomic mass is 10.1. The van der Waals surface area contributed by atoms with Crippen molar-refractivity contribution in [2.24, 2.45) is 7.05 Å². The average molecular weight is 507 g/mol. The molecule has 0 saturated carbocycles. The second kappa shape index (κ2) is 12.0.